The van der Waals surface area contributed by atoms with Gasteiger partial charge >= 0.3 is 28.5 Å². The minimum absolute atomic E-state index is 0.100. The predicted molar refractivity (Wildman–Crippen MR) is 105 cm³/mol. The fraction of sp³-hybridized carbons (Fsp3) is 0.692. The molecule has 0 aliphatic carbocycles. The first kappa shape index (κ1) is 26.6. The van der Waals surface area contributed by atoms with Gasteiger partial charge in [-0.15, -0.1) is 0 Å². The summed E-state index contributed by atoms with van der Waals surface area (Å²) >= 11 is 0. The summed E-state index contributed by atoms with van der Waals surface area (Å²) in [6, 6.07) is 1.26. The van der Waals surface area contributed by atoms with Gasteiger partial charge < -0.3 is 49.5 Å². The topological polar surface area (TPSA) is 270 Å². The van der Waals surface area contributed by atoms with Crippen molar-refractivity contribution in [3.63, 3.8) is 0 Å². The summed E-state index contributed by atoms with van der Waals surface area (Å²) in [7, 11) is -17.7. The first-order chi connectivity index (χ1) is 14.8. The van der Waals surface area contributed by atoms with Crippen LogP contribution in [0.25, 0.3) is 0 Å². The number of hydrogen-bond acceptors (Lipinski definition) is 11. The third-order valence-electron chi connectivity index (χ3n) is 4.62. The van der Waals surface area contributed by atoms with Gasteiger partial charge in [-0.1, -0.05) is 0 Å². The molecule has 0 bridgehead atoms. The summed E-state index contributed by atoms with van der Waals surface area (Å²) in [6.45, 7) is 2.95. The van der Waals surface area contributed by atoms with Gasteiger partial charge in [-0.3, -0.25) is 22.8 Å². The van der Waals surface area contributed by atoms with Gasteiger partial charge in [0.05, 0.1) is 0 Å². The van der Waals surface area contributed by atoms with Crippen molar-refractivity contribution in [1.29, 1.82) is 0 Å². The van der Waals surface area contributed by atoms with E-state index in [9.17, 15) is 48.1 Å². The lowest BCUT2D eigenvalue weighted by Crippen LogP contribution is -2.40. The highest BCUT2D eigenvalue weighted by molar-refractivity contribution is 7.87. The normalized spacial score (nSPS) is 30.2. The van der Waals surface area contributed by atoms with Crippen molar-refractivity contribution in [3.05, 3.63) is 22.7 Å². The zero-order valence-electron chi connectivity index (χ0n) is 16.9. The maximum absolute atomic E-state index is 12.4. The van der Waals surface area contributed by atoms with E-state index in [2.05, 4.69) is 9.51 Å². The summed E-state index contributed by atoms with van der Waals surface area (Å²) in [5.74, 6) is -1.39. The molecule has 0 amide bonds. The first-order valence-electron chi connectivity index (χ1n) is 8.99. The van der Waals surface area contributed by atoms with Crippen LogP contribution in [0.3, 0.4) is 0 Å². The molecule has 2 unspecified atom stereocenters. The van der Waals surface area contributed by atoms with Crippen molar-refractivity contribution in [2.24, 2.45) is 0 Å². The van der Waals surface area contributed by atoms with Crippen LogP contribution in [0.5, 0.6) is 0 Å². The molecule has 3 heterocycles. The third kappa shape index (κ3) is 5.46. The van der Waals surface area contributed by atoms with Crippen LogP contribution in [0.15, 0.2) is 17.1 Å². The van der Waals surface area contributed by atoms with Crippen molar-refractivity contribution in [3.8, 4) is 0 Å². The maximum Gasteiger partial charge on any atom is 0.358 e. The molecule has 2 saturated heterocycles. The first-order valence-corrected chi connectivity index (χ1v) is 14.0. The molecule has 0 spiro atoms. The fourth-order valence-corrected chi connectivity index (χ4v) is 9.00. The summed E-state index contributed by atoms with van der Waals surface area (Å²) in [5, 5.41) is 6.96. The number of ether oxygens (including phenoxy) is 3. The van der Waals surface area contributed by atoms with E-state index in [1.54, 1.807) is 0 Å². The van der Waals surface area contributed by atoms with Crippen LogP contribution in [0.4, 0.5) is 5.82 Å². The smallest absolute Gasteiger partial charge is 0.358 e. The lowest BCUT2D eigenvalue weighted by Gasteiger charge is -2.29. The van der Waals surface area contributed by atoms with E-state index in [0.29, 0.717) is 0 Å². The van der Waals surface area contributed by atoms with Gasteiger partial charge in [-0.2, -0.15) is 4.98 Å². The Morgan fingerprint density at radius 1 is 1.12 bits per heavy atom. The number of rotatable bonds is 7. The highest BCUT2D eigenvalue weighted by atomic mass is 31.3. The highest BCUT2D eigenvalue weighted by Crippen LogP contribution is 2.75. The van der Waals surface area contributed by atoms with Crippen LogP contribution in [-0.2, 0) is 32.4 Å². The van der Waals surface area contributed by atoms with Gasteiger partial charge in [0.1, 0.15) is 24.1 Å². The van der Waals surface area contributed by atoms with Crippen LogP contribution >= 0.6 is 22.8 Å². The largest absolute Gasteiger partial charge is 0.383 e. The molecule has 0 saturated carbocycles. The molecule has 8 N–H and O–H groups in total. The molecule has 17 nitrogen and oxygen atoms in total. The number of fused-ring (bicyclic) bond motifs is 1. The van der Waals surface area contributed by atoms with Crippen LogP contribution in [0.1, 0.15) is 20.1 Å². The number of nitrogens with zero attached hydrogens (tertiary/aromatic N) is 2. The number of aliphatic hydroxyl groups is 1. The minimum Gasteiger partial charge on any atom is -0.383 e. The second kappa shape index (κ2) is 8.57. The summed E-state index contributed by atoms with van der Waals surface area (Å²) in [4.78, 5) is 62.5. The molecule has 6 atom stereocenters. The second-order valence-electron chi connectivity index (χ2n) is 7.68. The van der Waals surface area contributed by atoms with Crippen molar-refractivity contribution in [1.82, 2.24) is 9.55 Å². The quantitative estimate of drug-likeness (QED) is 0.152. The average Bonchev–Trinajstić information content (AvgIpc) is 3.04. The van der Waals surface area contributed by atoms with Crippen molar-refractivity contribution < 1.29 is 62.0 Å². The number of anilines is 1. The minimum atomic E-state index is -5.90. The Labute approximate surface area is 184 Å². The molecule has 20 heteroatoms. The van der Waals surface area contributed by atoms with E-state index in [0.717, 1.165) is 4.57 Å². The Balaban J connectivity index is 1.93. The molecule has 2 aliphatic rings. The van der Waals surface area contributed by atoms with Crippen molar-refractivity contribution in [2.45, 2.75) is 55.6 Å². The number of nitrogen functional groups attached to an aromatic ring is 1. The Bertz CT molecular complexity index is 1090. The Morgan fingerprint density at radius 3 is 2.18 bits per heavy atom. The van der Waals surface area contributed by atoms with Gasteiger partial charge in [0.25, 0.3) is 5.14 Å². The Kier molecular flexibility index (Phi) is 6.90. The van der Waals surface area contributed by atoms with E-state index in [1.807, 2.05) is 0 Å². The van der Waals surface area contributed by atoms with E-state index < -0.39 is 70.2 Å². The van der Waals surface area contributed by atoms with Crippen LogP contribution < -0.4 is 11.4 Å². The van der Waals surface area contributed by atoms with Gasteiger partial charge in [-0.05, 0) is 19.9 Å². The third-order valence-corrected chi connectivity index (χ3v) is 12.3. The molecule has 0 aromatic carbocycles. The van der Waals surface area contributed by atoms with E-state index in [1.165, 1.54) is 26.1 Å². The van der Waals surface area contributed by atoms with Crippen molar-refractivity contribution >= 4 is 28.6 Å². The number of aliphatic hydroxyl groups excluding tert-OH is 1. The lowest BCUT2D eigenvalue weighted by atomic mass is 10.1. The summed E-state index contributed by atoms with van der Waals surface area (Å²) in [5.41, 5.74) is 4.58. The molecule has 2 fully saturated rings. The summed E-state index contributed by atoms with van der Waals surface area (Å²) in [6.07, 6.45) is -6.70. The zero-order valence-corrected chi connectivity index (χ0v) is 19.6. The standard InChI is InChI=1S/C13H22N3O14P3/c1-13(2)28-6-7(29-13)9(16-4-3-5(14)15-11(16)18)27-8(6)10(17)30-33(25,26)12(31(19,20)21)32(22,23)24/h3-4,6-10,12,17H,1-2H3,(H,25,26)(H2,14,15,18)(H2,19,20,21)(H2,22,23,24)/t6-,7+,8-,9+,10?/m0/s1. The summed E-state index contributed by atoms with van der Waals surface area (Å²) < 4.78 is 57.5. The molecule has 33 heavy (non-hydrogen) atoms. The van der Waals surface area contributed by atoms with Gasteiger partial charge in [0.15, 0.2) is 18.3 Å². The Morgan fingerprint density at radius 2 is 1.67 bits per heavy atom. The van der Waals surface area contributed by atoms with Crippen LogP contribution in [0.2, 0.25) is 0 Å². The molecule has 3 rings (SSSR count). The molecule has 1 aromatic rings. The maximum atomic E-state index is 12.4. The molecule has 0 radical (unpaired) electrons. The van der Waals surface area contributed by atoms with Gasteiger partial charge in [0, 0.05) is 6.20 Å². The molecular formula is C13H22N3O14P3. The molecule has 1 aromatic heterocycles. The zero-order chi connectivity index (χ0) is 25.1. The number of aromatic nitrogens is 2. The fourth-order valence-electron chi connectivity index (χ4n) is 3.53. The highest BCUT2D eigenvalue weighted by Gasteiger charge is 2.62. The molecule has 2 aliphatic heterocycles. The monoisotopic (exact) mass is 537 g/mol. The van der Waals surface area contributed by atoms with Gasteiger partial charge in [-0.25, -0.2) is 4.79 Å². The van der Waals surface area contributed by atoms with E-state index >= 15 is 0 Å². The number of nitrogens with two attached hydrogens (primary N) is 1. The molecular weight excluding hydrogens is 515 g/mol. The predicted octanol–water partition coefficient (Wildman–Crippen LogP) is -1.60. The number of hydrogen-bond donors (Lipinski definition) is 7. The second-order valence-corrected chi connectivity index (χ2v) is 14.1. The van der Waals surface area contributed by atoms with Crippen LogP contribution in [0, 0.1) is 0 Å². The van der Waals surface area contributed by atoms with E-state index in [4.69, 9.17) is 19.9 Å². The molecule has 188 valence electrons. The van der Waals surface area contributed by atoms with Crippen molar-refractivity contribution in [2.75, 3.05) is 5.73 Å². The Hall–Kier alpha value is -1.03. The lowest BCUT2D eigenvalue weighted by molar-refractivity contribution is -0.226. The van der Waals surface area contributed by atoms with Crippen LogP contribution in [-0.4, -0.2) is 74.7 Å². The SMILES string of the molecule is CC1(C)O[C@@H]2[C@H](O1)[C@@H](C(O)OP(=O)(O)C(P(=O)(O)O)P(=O)(O)O)O[C@H]2n1ccc(N)nc1=O. The van der Waals surface area contributed by atoms with E-state index in [-0.39, 0.29) is 5.82 Å². The average molecular weight is 537 g/mol. The van der Waals surface area contributed by atoms with Gasteiger partial charge in [0.2, 0.25) is 0 Å².